The van der Waals surface area contributed by atoms with E-state index in [1.807, 2.05) is 5.41 Å². The van der Waals surface area contributed by atoms with Crippen molar-refractivity contribution < 1.29 is 9.78 Å². The summed E-state index contributed by atoms with van der Waals surface area (Å²) in [6.07, 6.45) is 0.145. The zero-order valence-corrected chi connectivity index (χ0v) is 9.54. The van der Waals surface area contributed by atoms with E-state index in [0.29, 0.717) is 0 Å². The number of hydrogen-bond acceptors (Lipinski definition) is 3. The summed E-state index contributed by atoms with van der Waals surface area (Å²) in [5.41, 5.74) is 0. The minimum atomic E-state index is 0.105. The van der Waals surface area contributed by atoms with Crippen LogP contribution in [0.3, 0.4) is 0 Å². The Balaban J connectivity index is 2.17. The van der Waals surface area contributed by atoms with Gasteiger partial charge in [0, 0.05) is 16.1 Å². The van der Waals surface area contributed by atoms with Crippen molar-refractivity contribution in [2.24, 2.45) is 0 Å². The van der Waals surface area contributed by atoms with Gasteiger partial charge in [-0.25, -0.2) is 0 Å². The molecular formula is C6H6Br2O2S. The molecule has 1 fully saturated rings. The van der Waals surface area contributed by atoms with Gasteiger partial charge < -0.3 is 4.89 Å². The molecule has 2 heterocycles. The molecule has 2 aliphatic rings. The molecule has 11 heavy (non-hydrogen) atoms. The summed E-state index contributed by atoms with van der Waals surface area (Å²) in [6, 6.07) is 0. The van der Waals surface area contributed by atoms with Gasteiger partial charge in [0.2, 0.25) is 0 Å². The number of rotatable bonds is 2. The van der Waals surface area contributed by atoms with Gasteiger partial charge in [0.05, 0.1) is 4.75 Å². The van der Waals surface area contributed by atoms with Crippen molar-refractivity contribution in [1.82, 2.24) is 0 Å². The van der Waals surface area contributed by atoms with Crippen molar-refractivity contribution in [3.8, 4) is 0 Å². The van der Waals surface area contributed by atoms with Crippen molar-refractivity contribution >= 4 is 43.6 Å². The second-order valence-corrected chi connectivity index (χ2v) is 4.94. The summed E-state index contributed by atoms with van der Waals surface area (Å²) in [6.45, 7) is 0. The van der Waals surface area contributed by atoms with Crippen LogP contribution in [-0.2, 0) is 9.78 Å². The standard InChI is InChI=1S/C6H6Br2O2S/c7-2-6(3-8)5-4(1-11-6)9-10-5/h1,5H,2-3H2. The van der Waals surface area contributed by atoms with E-state index >= 15 is 0 Å². The summed E-state index contributed by atoms with van der Waals surface area (Å²) < 4.78 is 0.105. The average molecular weight is 302 g/mol. The third-order valence-electron chi connectivity index (χ3n) is 1.84. The monoisotopic (exact) mass is 300 g/mol. The highest BCUT2D eigenvalue weighted by Gasteiger charge is 2.52. The number of halogens is 2. The first-order chi connectivity index (χ1) is 5.32. The van der Waals surface area contributed by atoms with E-state index in [4.69, 9.17) is 9.78 Å². The van der Waals surface area contributed by atoms with Crippen molar-refractivity contribution in [3.05, 3.63) is 11.2 Å². The molecule has 62 valence electrons. The van der Waals surface area contributed by atoms with Gasteiger partial charge in [-0.15, -0.1) is 11.8 Å². The molecule has 0 radical (unpaired) electrons. The Hall–Kier alpha value is 0.810. The predicted octanol–water partition coefficient (Wildman–Crippen LogP) is 2.43. The SMILES string of the molecule is BrCC1(CBr)SC=C2OOC21. The van der Waals surface area contributed by atoms with E-state index in [0.717, 1.165) is 16.4 Å². The van der Waals surface area contributed by atoms with Crippen LogP contribution in [0.1, 0.15) is 0 Å². The molecule has 5 heteroatoms. The van der Waals surface area contributed by atoms with Crippen molar-refractivity contribution in [1.29, 1.82) is 0 Å². The van der Waals surface area contributed by atoms with Gasteiger partial charge in [0.15, 0.2) is 11.9 Å². The Morgan fingerprint density at radius 1 is 1.55 bits per heavy atom. The van der Waals surface area contributed by atoms with Crippen molar-refractivity contribution in [2.75, 3.05) is 10.7 Å². The number of thioether (sulfide) groups is 1. The highest BCUT2D eigenvalue weighted by Crippen LogP contribution is 2.49. The molecule has 0 amide bonds. The van der Waals surface area contributed by atoms with E-state index in [-0.39, 0.29) is 10.9 Å². The fourth-order valence-electron chi connectivity index (χ4n) is 1.06. The second-order valence-electron chi connectivity index (χ2n) is 2.53. The molecule has 0 aromatic heterocycles. The second kappa shape index (κ2) is 2.94. The van der Waals surface area contributed by atoms with E-state index in [2.05, 4.69) is 31.9 Å². The van der Waals surface area contributed by atoms with E-state index in [1.165, 1.54) is 0 Å². The molecule has 0 aromatic carbocycles. The molecule has 1 unspecified atom stereocenters. The molecule has 2 rings (SSSR count). The molecule has 1 atom stereocenters. The van der Waals surface area contributed by atoms with Crippen LogP contribution in [0.2, 0.25) is 0 Å². The predicted molar refractivity (Wildman–Crippen MR) is 52.0 cm³/mol. The molecule has 0 aliphatic carbocycles. The third kappa shape index (κ3) is 1.08. The molecule has 0 spiro atoms. The number of hydrogen-bond donors (Lipinski definition) is 0. The Bertz CT molecular complexity index is 203. The molecule has 0 aromatic rings. The summed E-state index contributed by atoms with van der Waals surface area (Å²) in [5.74, 6) is 0.967. The van der Waals surface area contributed by atoms with E-state index in [9.17, 15) is 0 Å². The largest absolute Gasteiger partial charge is 0.338 e. The normalized spacial score (nSPS) is 31.8. The van der Waals surface area contributed by atoms with Gasteiger partial charge in [-0.1, -0.05) is 31.9 Å². The maximum Gasteiger partial charge on any atom is 0.183 e. The zero-order valence-electron chi connectivity index (χ0n) is 5.55. The molecule has 2 aliphatic heterocycles. The van der Waals surface area contributed by atoms with Crippen LogP contribution < -0.4 is 0 Å². The van der Waals surface area contributed by atoms with Gasteiger partial charge in [-0.2, -0.15) is 4.89 Å². The van der Waals surface area contributed by atoms with Gasteiger partial charge in [-0.3, -0.25) is 0 Å². The minimum Gasteiger partial charge on any atom is -0.338 e. The lowest BCUT2D eigenvalue weighted by Gasteiger charge is -2.35. The zero-order chi connectivity index (χ0) is 7.90. The van der Waals surface area contributed by atoms with Crippen LogP contribution >= 0.6 is 43.6 Å². The van der Waals surface area contributed by atoms with Gasteiger partial charge in [0.1, 0.15) is 0 Å². The summed E-state index contributed by atoms with van der Waals surface area (Å²) >= 11 is 8.71. The lowest BCUT2D eigenvalue weighted by atomic mass is 10.0. The molecule has 0 N–H and O–H groups in total. The van der Waals surface area contributed by atoms with E-state index in [1.54, 1.807) is 11.8 Å². The first kappa shape index (κ1) is 8.41. The van der Waals surface area contributed by atoms with Crippen LogP contribution in [0, 0.1) is 0 Å². The molecular weight excluding hydrogens is 296 g/mol. The summed E-state index contributed by atoms with van der Waals surface area (Å²) in [4.78, 5) is 9.82. The van der Waals surface area contributed by atoms with Crippen LogP contribution in [0.5, 0.6) is 0 Å². The number of alkyl halides is 2. The lowest BCUT2D eigenvalue weighted by molar-refractivity contribution is -0.379. The van der Waals surface area contributed by atoms with Crippen molar-refractivity contribution in [3.63, 3.8) is 0 Å². The Morgan fingerprint density at radius 3 is 2.55 bits per heavy atom. The van der Waals surface area contributed by atoms with Gasteiger partial charge >= 0.3 is 0 Å². The summed E-state index contributed by atoms with van der Waals surface area (Å²) in [5, 5.41) is 3.84. The third-order valence-corrected chi connectivity index (χ3v) is 5.90. The topological polar surface area (TPSA) is 18.5 Å². The average Bonchev–Trinajstić information content (AvgIpc) is 2.23. The lowest BCUT2D eigenvalue weighted by Crippen LogP contribution is -2.47. The summed E-state index contributed by atoms with van der Waals surface area (Å²) in [7, 11) is 0. The molecule has 0 bridgehead atoms. The molecule has 2 nitrogen and oxygen atoms in total. The molecule has 1 saturated heterocycles. The first-order valence-electron chi connectivity index (χ1n) is 3.15. The maximum absolute atomic E-state index is 5.00. The number of fused-ring (bicyclic) bond motifs is 1. The Labute approximate surface area is 85.9 Å². The Kier molecular flexibility index (Phi) is 2.25. The molecule has 0 saturated carbocycles. The van der Waals surface area contributed by atoms with Crippen molar-refractivity contribution in [2.45, 2.75) is 10.9 Å². The quantitative estimate of drug-likeness (QED) is 0.576. The highest BCUT2D eigenvalue weighted by molar-refractivity contribution is 9.10. The van der Waals surface area contributed by atoms with Crippen LogP contribution in [-0.4, -0.2) is 21.5 Å². The van der Waals surface area contributed by atoms with Crippen LogP contribution in [0.15, 0.2) is 11.2 Å². The van der Waals surface area contributed by atoms with Crippen LogP contribution in [0.4, 0.5) is 0 Å². The fraction of sp³-hybridized carbons (Fsp3) is 0.667. The highest BCUT2D eigenvalue weighted by atomic mass is 79.9. The van der Waals surface area contributed by atoms with E-state index < -0.39 is 0 Å². The van der Waals surface area contributed by atoms with Gasteiger partial charge in [0.25, 0.3) is 0 Å². The fourth-order valence-corrected chi connectivity index (χ4v) is 4.28. The van der Waals surface area contributed by atoms with Crippen LogP contribution in [0.25, 0.3) is 0 Å². The van der Waals surface area contributed by atoms with Gasteiger partial charge in [-0.05, 0) is 0 Å². The smallest absolute Gasteiger partial charge is 0.183 e. The Morgan fingerprint density at radius 2 is 2.27 bits per heavy atom. The maximum atomic E-state index is 5.00. The first-order valence-corrected chi connectivity index (χ1v) is 6.28. The minimum absolute atomic E-state index is 0.105.